The normalized spacial score (nSPS) is 12.8. The van der Waals surface area contributed by atoms with Crippen molar-refractivity contribution in [2.24, 2.45) is 0 Å². The zero-order chi connectivity index (χ0) is 50.0. The summed E-state index contributed by atoms with van der Waals surface area (Å²) >= 11 is 0. The lowest BCUT2D eigenvalue weighted by atomic mass is 10.0. The zero-order valence-corrected chi connectivity index (χ0v) is 45.0. The van der Waals surface area contributed by atoms with Crippen LogP contribution in [0.3, 0.4) is 0 Å². The van der Waals surface area contributed by atoms with Crippen molar-refractivity contribution in [1.29, 1.82) is 0 Å². The van der Waals surface area contributed by atoms with E-state index < -0.39 is 6.10 Å². The Bertz CT molecular complexity index is 1380. The molecule has 0 saturated heterocycles. The van der Waals surface area contributed by atoms with Crippen LogP contribution >= 0.6 is 0 Å². The second kappa shape index (κ2) is 56.9. The first-order chi connectivity index (χ1) is 34.0. The predicted octanol–water partition coefficient (Wildman–Crippen LogP) is 19.3. The van der Waals surface area contributed by atoms with Gasteiger partial charge in [0.2, 0.25) is 0 Å². The van der Waals surface area contributed by atoms with Crippen molar-refractivity contribution >= 4 is 17.9 Å². The zero-order valence-electron chi connectivity index (χ0n) is 45.0. The summed E-state index contributed by atoms with van der Waals surface area (Å²) in [5.41, 5.74) is 0. The van der Waals surface area contributed by atoms with Crippen LogP contribution < -0.4 is 0 Å². The number of hydrogen-bond acceptors (Lipinski definition) is 6. The average molecular weight is 960 g/mol. The summed E-state index contributed by atoms with van der Waals surface area (Å²) in [5.74, 6) is -0.920. The van der Waals surface area contributed by atoms with Crippen molar-refractivity contribution in [2.45, 2.75) is 271 Å². The van der Waals surface area contributed by atoms with Gasteiger partial charge in [-0.3, -0.25) is 14.4 Å². The maximum Gasteiger partial charge on any atom is 0.306 e. The molecule has 0 radical (unpaired) electrons. The van der Waals surface area contributed by atoms with Gasteiger partial charge in [-0.25, -0.2) is 0 Å². The highest BCUT2D eigenvalue weighted by molar-refractivity contribution is 5.71. The van der Waals surface area contributed by atoms with Gasteiger partial charge in [-0.15, -0.1) is 0 Å². The molecular weight excluding hydrogens is 853 g/mol. The molecule has 0 heterocycles. The molecule has 0 aliphatic rings. The smallest absolute Gasteiger partial charge is 0.306 e. The van der Waals surface area contributed by atoms with Crippen molar-refractivity contribution in [3.05, 3.63) is 97.2 Å². The number of carbonyl (C=O) groups is 3. The van der Waals surface area contributed by atoms with E-state index in [0.717, 1.165) is 128 Å². The molecule has 0 fully saturated rings. The number of esters is 3. The molecule has 6 nitrogen and oxygen atoms in total. The Morgan fingerprint density at radius 3 is 0.884 bits per heavy atom. The molecule has 1 unspecified atom stereocenters. The van der Waals surface area contributed by atoms with Gasteiger partial charge in [0.15, 0.2) is 6.10 Å². The van der Waals surface area contributed by atoms with Gasteiger partial charge in [-0.2, -0.15) is 0 Å². The van der Waals surface area contributed by atoms with Crippen LogP contribution in [-0.4, -0.2) is 37.2 Å². The molecule has 0 amide bonds. The van der Waals surface area contributed by atoms with E-state index in [1.54, 1.807) is 0 Å². The molecule has 0 aliphatic carbocycles. The maximum atomic E-state index is 12.8. The van der Waals surface area contributed by atoms with Crippen LogP contribution in [0.25, 0.3) is 0 Å². The molecule has 0 aromatic carbocycles. The molecule has 0 N–H and O–H groups in total. The minimum Gasteiger partial charge on any atom is -0.462 e. The van der Waals surface area contributed by atoms with Crippen molar-refractivity contribution < 1.29 is 28.6 Å². The fourth-order valence-electron chi connectivity index (χ4n) is 7.81. The van der Waals surface area contributed by atoms with Gasteiger partial charge in [-0.1, -0.05) is 259 Å². The van der Waals surface area contributed by atoms with Gasteiger partial charge in [0.1, 0.15) is 13.2 Å². The van der Waals surface area contributed by atoms with Crippen LogP contribution in [0, 0.1) is 0 Å². The Morgan fingerprint density at radius 1 is 0.304 bits per heavy atom. The second-order valence-corrected chi connectivity index (χ2v) is 18.8. The molecule has 69 heavy (non-hydrogen) atoms. The van der Waals surface area contributed by atoms with Crippen LogP contribution in [0.1, 0.15) is 265 Å². The summed E-state index contributed by atoms with van der Waals surface area (Å²) in [6, 6.07) is 0. The molecule has 0 rings (SSSR count). The van der Waals surface area contributed by atoms with Crippen molar-refractivity contribution in [3.8, 4) is 0 Å². The molecule has 0 saturated carbocycles. The topological polar surface area (TPSA) is 78.9 Å². The van der Waals surface area contributed by atoms with Crippen LogP contribution in [0.15, 0.2) is 97.2 Å². The molecule has 6 heteroatoms. The molecule has 0 bridgehead atoms. The van der Waals surface area contributed by atoms with Gasteiger partial charge >= 0.3 is 17.9 Å². The van der Waals surface area contributed by atoms with E-state index in [2.05, 4.69) is 118 Å². The van der Waals surface area contributed by atoms with E-state index >= 15 is 0 Å². The van der Waals surface area contributed by atoms with E-state index in [9.17, 15) is 14.4 Å². The average Bonchev–Trinajstić information content (AvgIpc) is 3.35. The van der Waals surface area contributed by atoms with Crippen molar-refractivity contribution in [2.75, 3.05) is 13.2 Å². The minimum atomic E-state index is -0.783. The summed E-state index contributed by atoms with van der Waals surface area (Å²) in [7, 11) is 0. The Balaban J connectivity index is 4.16. The number of allylic oxidation sites excluding steroid dienone is 16. The van der Waals surface area contributed by atoms with E-state index in [0.29, 0.717) is 19.3 Å². The Morgan fingerprint density at radius 2 is 0.565 bits per heavy atom. The van der Waals surface area contributed by atoms with Gasteiger partial charge < -0.3 is 14.2 Å². The van der Waals surface area contributed by atoms with Gasteiger partial charge in [0.25, 0.3) is 0 Å². The third-order valence-corrected chi connectivity index (χ3v) is 12.1. The fraction of sp³-hybridized carbons (Fsp3) is 0.698. The molecule has 394 valence electrons. The summed E-state index contributed by atoms with van der Waals surface area (Å²) < 4.78 is 16.7. The number of rotatable bonds is 51. The van der Waals surface area contributed by atoms with E-state index in [-0.39, 0.29) is 31.1 Å². The fourth-order valence-corrected chi connectivity index (χ4v) is 7.81. The summed E-state index contributed by atoms with van der Waals surface area (Å²) in [5, 5.41) is 0. The Hall–Kier alpha value is -3.67. The number of carbonyl (C=O) groups excluding carboxylic acids is 3. The van der Waals surface area contributed by atoms with Crippen LogP contribution in [-0.2, 0) is 28.6 Å². The number of hydrogen-bond donors (Lipinski definition) is 0. The first-order valence-electron chi connectivity index (χ1n) is 28.7. The Labute approximate surface area is 426 Å². The van der Waals surface area contributed by atoms with Gasteiger partial charge in [-0.05, 0) is 83.5 Å². The highest BCUT2D eigenvalue weighted by atomic mass is 16.6. The highest BCUT2D eigenvalue weighted by Gasteiger charge is 2.19. The summed E-state index contributed by atoms with van der Waals surface area (Å²) in [4.78, 5) is 37.8. The number of ether oxygens (including phenoxy) is 3. The highest BCUT2D eigenvalue weighted by Crippen LogP contribution is 2.16. The van der Waals surface area contributed by atoms with Gasteiger partial charge in [0, 0.05) is 19.3 Å². The first-order valence-corrected chi connectivity index (χ1v) is 28.7. The molecule has 1 atom stereocenters. The molecule has 0 spiro atoms. The third-order valence-electron chi connectivity index (χ3n) is 12.1. The quantitative estimate of drug-likeness (QED) is 0.0262. The Kier molecular flexibility index (Phi) is 53.9. The first kappa shape index (κ1) is 65.3. The van der Waals surface area contributed by atoms with Gasteiger partial charge in [0.05, 0.1) is 0 Å². The molecule has 0 aliphatic heterocycles. The van der Waals surface area contributed by atoms with E-state index in [1.165, 1.54) is 96.3 Å². The minimum absolute atomic E-state index is 0.0847. The monoisotopic (exact) mass is 959 g/mol. The molecule has 0 aromatic rings. The lowest BCUT2D eigenvalue weighted by Gasteiger charge is -2.18. The van der Waals surface area contributed by atoms with Crippen LogP contribution in [0.5, 0.6) is 0 Å². The van der Waals surface area contributed by atoms with Crippen molar-refractivity contribution in [3.63, 3.8) is 0 Å². The lowest BCUT2D eigenvalue weighted by Crippen LogP contribution is -2.30. The van der Waals surface area contributed by atoms with Crippen LogP contribution in [0.4, 0.5) is 0 Å². The van der Waals surface area contributed by atoms with E-state index in [4.69, 9.17) is 14.2 Å². The summed E-state index contributed by atoms with van der Waals surface area (Å²) in [6.45, 7) is 6.43. The standard InChI is InChI=1S/C63H106O6/c1-4-7-10-13-15-17-19-21-23-25-26-27-28-29-30-31-32-33-34-35-36-38-39-41-43-45-47-50-53-56-62(65)68-59-60(58-67-61(64)55-52-49-12-9-6-3)69-63(66)57-54-51-48-46-44-42-40-37-24-22-20-18-16-14-11-8-5-2/h7,10,15,17,21,23,26-27,29-30,32-33,35-36,39,41,60H,4-6,8-9,11-14,16,18-20,22,24-25,28,31,34,37-38,40,42-59H2,1-3H3/b10-7-,17-15-,23-21-,27-26-,30-29-,33-32-,36-35-,41-39-. The number of unbranched alkanes of at least 4 members (excludes halogenated alkanes) is 24. The van der Waals surface area contributed by atoms with E-state index in [1.807, 2.05) is 0 Å². The summed E-state index contributed by atoms with van der Waals surface area (Å²) in [6.07, 6.45) is 75.9. The molecular formula is C63H106O6. The largest absolute Gasteiger partial charge is 0.462 e. The predicted molar refractivity (Wildman–Crippen MR) is 297 cm³/mol. The second-order valence-electron chi connectivity index (χ2n) is 18.8. The molecule has 0 aromatic heterocycles. The van der Waals surface area contributed by atoms with Crippen molar-refractivity contribution in [1.82, 2.24) is 0 Å². The lowest BCUT2D eigenvalue weighted by molar-refractivity contribution is -0.167. The van der Waals surface area contributed by atoms with Crippen LogP contribution in [0.2, 0.25) is 0 Å². The third kappa shape index (κ3) is 55.1. The maximum absolute atomic E-state index is 12.8. The SMILES string of the molecule is CC/C=C\C/C=C\C/C=C\C/C=C\C/C=C\C/C=C\C/C=C\C/C=C\CCCCCCC(=O)OCC(COC(=O)CCCCCCC)OC(=O)CCCCCCCCCCCCCCCCCCC.